The number of anilines is 1. The minimum atomic E-state index is -0.0467. The number of aryl methyl sites for hydroxylation is 1. The summed E-state index contributed by atoms with van der Waals surface area (Å²) >= 11 is 1.56. The van der Waals surface area contributed by atoms with E-state index in [0.29, 0.717) is 37.3 Å². The minimum absolute atomic E-state index is 0.000285. The lowest BCUT2D eigenvalue weighted by Crippen LogP contribution is -2.51. The fourth-order valence-electron chi connectivity index (χ4n) is 3.19. The number of nitrogens with zero attached hydrogens (tertiary/aromatic N) is 4. The molecule has 8 heteroatoms. The molecule has 1 fully saturated rings. The molecule has 0 bridgehead atoms. The van der Waals surface area contributed by atoms with Crippen LogP contribution in [0, 0.1) is 12.8 Å². The molecule has 1 aliphatic heterocycles. The molecule has 1 atom stereocenters. The number of carbonyl (C=O) groups excluding carboxylic acids is 1. The SMILES string of the molecule is C=N/C=C\C=C(/C)[C@H](C)Nc1nc(C(=O)N2CC(COC)C2)c2sc(C)cc2n1. The number of rotatable bonds is 8. The standard InChI is InChI=1S/C21H27N5O2S/c1-13(7-6-8-22-4)15(3)23-21-24-17-9-14(2)29-19(17)18(25-21)20(27)26-10-16(11-26)12-28-5/h6-9,15-16H,4,10-12H2,1-3,5H3,(H,23,24,25)/b8-6-,13-7+/t15-/m0/s1. The lowest BCUT2D eigenvalue weighted by atomic mass is 10.0. The number of hydrogen-bond donors (Lipinski definition) is 1. The summed E-state index contributed by atoms with van der Waals surface area (Å²) in [4.78, 5) is 28.9. The Morgan fingerprint density at radius 2 is 2.28 bits per heavy atom. The first-order valence-electron chi connectivity index (χ1n) is 9.55. The van der Waals surface area contributed by atoms with E-state index in [2.05, 4.69) is 27.0 Å². The Bertz CT molecular complexity index is 959. The number of thiophene rings is 1. The molecule has 1 saturated heterocycles. The number of carbonyl (C=O) groups is 1. The lowest BCUT2D eigenvalue weighted by Gasteiger charge is -2.38. The largest absolute Gasteiger partial charge is 0.384 e. The highest BCUT2D eigenvalue weighted by molar-refractivity contribution is 7.19. The van der Waals surface area contributed by atoms with E-state index < -0.39 is 0 Å². The van der Waals surface area contributed by atoms with Gasteiger partial charge in [-0.3, -0.25) is 9.79 Å². The van der Waals surface area contributed by atoms with Crippen LogP contribution >= 0.6 is 11.3 Å². The van der Waals surface area contributed by atoms with Crippen LogP contribution in [-0.2, 0) is 4.74 Å². The minimum Gasteiger partial charge on any atom is -0.384 e. The summed E-state index contributed by atoms with van der Waals surface area (Å²) in [5.41, 5.74) is 2.36. The van der Waals surface area contributed by atoms with E-state index in [0.717, 1.165) is 20.7 Å². The van der Waals surface area contributed by atoms with Crippen molar-refractivity contribution in [3.05, 3.63) is 40.6 Å². The summed E-state index contributed by atoms with van der Waals surface area (Å²) in [7, 11) is 1.69. The molecule has 3 heterocycles. The van der Waals surface area contributed by atoms with Crippen LogP contribution in [-0.4, -0.2) is 60.3 Å². The van der Waals surface area contributed by atoms with Crippen molar-refractivity contribution in [3.63, 3.8) is 0 Å². The van der Waals surface area contributed by atoms with E-state index in [-0.39, 0.29) is 11.9 Å². The summed E-state index contributed by atoms with van der Waals surface area (Å²) < 4.78 is 6.02. The monoisotopic (exact) mass is 413 g/mol. The molecule has 1 N–H and O–H groups in total. The van der Waals surface area contributed by atoms with Gasteiger partial charge in [-0.1, -0.05) is 11.6 Å². The number of aromatic nitrogens is 2. The summed E-state index contributed by atoms with van der Waals surface area (Å²) in [6, 6.07) is 2.00. The van der Waals surface area contributed by atoms with Gasteiger partial charge >= 0.3 is 0 Å². The van der Waals surface area contributed by atoms with Crippen LogP contribution in [0.5, 0.6) is 0 Å². The zero-order valence-electron chi connectivity index (χ0n) is 17.3. The highest BCUT2D eigenvalue weighted by Gasteiger charge is 2.33. The van der Waals surface area contributed by atoms with Crippen molar-refractivity contribution in [1.29, 1.82) is 0 Å². The topological polar surface area (TPSA) is 79.7 Å². The predicted molar refractivity (Wildman–Crippen MR) is 119 cm³/mol. The van der Waals surface area contributed by atoms with Gasteiger partial charge in [0.15, 0.2) is 5.69 Å². The second-order valence-corrected chi connectivity index (χ2v) is 8.56. The van der Waals surface area contributed by atoms with Gasteiger partial charge in [-0.25, -0.2) is 9.97 Å². The average molecular weight is 414 g/mol. The number of nitrogens with one attached hydrogen (secondary N) is 1. The molecule has 29 heavy (non-hydrogen) atoms. The normalized spacial score (nSPS) is 16.3. The summed E-state index contributed by atoms with van der Waals surface area (Å²) in [6.07, 6.45) is 5.43. The molecule has 0 spiro atoms. The van der Waals surface area contributed by atoms with E-state index in [1.165, 1.54) is 0 Å². The molecule has 154 valence electrons. The first kappa shape index (κ1) is 21.1. The van der Waals surface area contributed by atoms with Gasteiger partial charge in [-0.05, 0) is 39.6 Å². The van der Waals surface area contributed by atoms with Crippen molar-refractivity contribution in [2.75, 3.05) is 32.1 Å². The molecule has 0 aromatic carbocycles. The van der Waals surface area contributed by atoms with E-state index in [9.17, 15) is 4.79 Å². The van der Waals surface area contributed by atoms with Crippen molar-refractivity contribution in [1.82, 2.24) is 14.9 Å². The molecule has 1 aliphatic rings. The second-order valence-electron chi connectivity index (χ2n) is 7.30. The van der Waals surface area contributed by atoms with E-state index in [1.54, 1.807) is 24.6 Å². The van der Waals surface area contributed by atoms with Crippen molar-refractivity contribution < 1.29 is 9.53 Å². The van der Waals surface area contributed by atoms with Crippen molar-refractivity contribution >= 4 is 40.1 Å². The molecule has 2 aromatic rings. The number of amides is 1. The van der Waals surface area contributed by atoms with Gasteiger partial charge < -0.3 is 15.0 Å². The number of aliphatic imine (C=N–C) groups is 1. The molecular weight excluding hydrogens is 386 g/mol. The molecular formula is C21H27N5O2S. The van der Waals surface area contributed by atoms with E-state index in [1.807, 2.05) is 43.9 Å². The number of hydrogen-bond acceptors (Lipinski definition) is 7. The van der Waals surface area contributed by atoms with Crippen LogP contribution in [0.25, 0.3) is 10.2 Å². The number of ether oxygens (including phenoxy) is 1. The van der Waals surface area contributed by atoms with Crippen molar-refractivity contribution in [2.24, 2.45) is 10.9 Å². The van der Waals surface area contributed by atoms with Gasteiger partial charge in [0.1, 0.15) is 0 Å². The van der Waals surface area contributed by atoms with E-state index in [4.69, 9.17) is 4.74 Å². The Hall–Kier alpha value is -2.58. The van der Waals surface area contributed by atoms with Crippen LogP contribution in [0.2, 0.25) is 0 Å². The fourth-order valence-corrected chi connectivity index (χ4v) is 4.12. The molecule has 1 amide bonds. The molecule has 0 saturated carbocycles. The van der Waals surface area contributed by atoms with Gasteiger partial charge in [0.25, 0.3) is 5.91 Å². The van der Waals surface area contributed by atoms with Crippen molar-refractivity contribution in [3.8, 4) is 0 Å². The van der Waals surface area contributed by atoms with Crippen LogP contribution in [0.3, 0.4) is 0 Å². The van der Waals surface area contributed by atoms with Gasteiger partial charge in [-0.15, -0.1) is 11.3 Å². The Labute approximate surface area is 175 Å². The first-order valence-corrected chi connectivity index (χ1v) is 10.4. The molecule has 0 radical (unpaired) electrons. The maximum atomic E-state index is 13.1. The molecule has 2 aromatic heterocycles. The van der Waals surface area contributed by atoms with Gasteiger partial charge in [0.05, 0.1) is 16.8 Å². The number of fused-ring (bicyclic) bond motifs is 1. The predicted octanol–water partition coefficient (Wildman–Crippen LogP) is 3.68. The summed E-state index contributed by atoms with van der Waals surface area (Å²) in [6.45, 7) is 11.6. The van der Waals surface area contributed by atoms with E-state index >= 15 is 0 Å². The maximum Gasteiger partial charge on any atom is 0.274 e. The van der Waals surface area contributed by atoms with Crippen LogP contribution < -0.4 is 5.32 Å². The van der Waals surface area contributed by atoms with Crippen molar-refractivity contribution in [2.45, 2.75) is 26.8 Å². The highest BCUT2D eigenvalue weighted by Crippen LogP contribution is 2.30. The van der Waals surface area contributed by atoms with Crippen LogP contribution in [0.15, 0.2) is 35.0 Å². The van der Waals surface area contributed by atoms with Gasteiger partial charge in [0.2, 0.25) is 5.95 Å². The number of likely N-dealkylation sites (tertiary alicyclic amines) is 1. The zero-order valence-corrected chi connectivity index (χ0v) is 18.1. The second kappa shape index (κ2) is 9.28. The summed E-state index contributed by atoms with van der Waals surface area (Å²) in [5, 5.41) is 3.31. The average Bonchev–Trinajstić information content (AvgIpc) is 3.03. The molecule has 0 unspecified atom stereocenters. The lowest BCUT2D eigenvalue weighted by molar-refractivity contribution is 0.0267. The first-order chi connectivity index (χ1) is 13.9. The third kappa shape index (κ3) is 4.89. The highest BCUT2D eigenvalue weighted by atomic mass is 32.1. The van der Waals surface area contributed by atoms with Gasteiger partial charge in [0, 0.05) is 43.2 Å². The smallest absolute Gasteiger partial charge is 0.274 e. The third-order valence-corrected chi connectivity index (χ3v) is 5.97. The van der Waals surface area contributed by atoms with Gasteiger partial charge in [-0.2, -0.15) is 0 Å². The Kier molecular flexibility index (Phi) is 6.76. The maximum absolute atomic E-state index is 13.1. The Balaban J connectivity index is 1.84. The molecule has 3 rings (SSSR count). The molecule has 0 aliphatic carbocycles. The zero-order chi connectivity index (χ0) is 21.0. The Morgan fingerprint density at radius 1 is 1.52 bits per heavy atom. The van der Waals surface area contributed by atoms with Crippen LogP contribution in [0.4, 0.5) is 5.95 Å². The van der Waals surface area contributed by atoms with Crippen LogP contribution in [0.1, 0.15) is 29.2 Å². The third-order valence-electron chi connectivity index (χ3n) is 4.92. The number of allylic oxidation sites excluding steroid dienone is 2. The quantitative estimate of drug-likeness (QED) is 0.527. The molecule has 7 nitrogen and oxygen atoms in total. The summed E-state index contributed by atoms with van der Waals surface area (Å²) in [5.74, 6) is 0.808. The Morgan fingerprint density at radius 3 is 2.97 bits per heavy atom. The fraction of sp³-hybridized carbons (Fsp3) is 0.429. The number of methoxy groups -OCH3 is 1.